The summed E-state index contributed by atoms with van der Waals surface area (Å²) in [5, 5.41) is 8.41. The van der Waals surface area contributed by atoms with Crippen LogP contribution in [-0.4, -0.2) is 67.7 Å². The molecule has 0 saturated heterocycles. The zero-order valence-electron chi connectivity index (χ0n) is 24.8. The van der Waals surface area contributed by atoms with Crippen molar-refractivity contribution in [2.24, 2.45) is 5.29 Å². The standard InChI is InChI=1S/C12H19N3O.C10H15OPS2.C5H9Cl2N3O2/c1-9(2)15-12(16)11-6-4-10(5-7-11)8-14-13-3;1-3-11-12(13,4-2)14-10-8-6-5-7-9-10;6-1-3-8-5(11)10(9-12)4-2-7/h4-7,9,13-14H,8H2,1-3H3,(H,15,16);5-9H,3-4H2,1-2H3;1-4H2,(H,8,11). The van der Waals surface area contributed by atoms with Crippen LogP contribution in [0.5, 0.6) is 0 Å². The van der Waals surface area contributed by atoms with E-state index in [1.54, 1.807) is 11.4 Å². The predicted octanol–water partition coefficient (Wildman–Crippen LogP) is 6.35. The highest BCUT2D eigenvalue weighted by molar-refractivity contribution is 8.69. The monoisotopic (exact) mass is 680 g/mol. The molecule has 0 fully saturated rings. The minimum Gasteiger partial charge on any atom is -0.350 e. The number of amides is 3. The van der Waals surface area contributed by atoms with Gasteiger partial charge in [-0.3, -0.25) is 15.6 Å². The van der Waals surface area contributed by atoms with E-state index in [2.05, 4.69) is 45.8 Å². The summed E-state index contributed by atoms with van der Waals surface area (Å²) >= 11 is 17.9. The molecule has 0 aliphatic heterocycles. The Bertz CT molecular complexity index is 1070. The summed E-state index contributed by atoms with van der Waals surface area (Å²) in [7, 11) is 1.82. The van der Waals surface area contributed by atoms with Crippen LogP contribution in [0.2, 0.25) is 0 Å². The Morgan fingerprint density at radius 1 is 1.07 bits per heavy atom. The number of nitroso groups, excluding NO2 is 1. The van der Waals surface area contributed by atoms with Gasteiger partial charge in [-0.15, -0.1) is 28.1 Å². The zero-order valence-corrected chi connectivity index (χ0v) is 28.8. The van der Waals surface area contributed by atoms with Crippen LogP contribution in [0.15, 0.2) is 64.8 Å². The molecule has 10 nitrogen and oxygen atoms in total. The van der Waals surface area contributed by atoms with Crippen molar-refractivity contribution in [1.29, 1.82) is 0 Å². The molecule has 0 aliphatic rings. The summed E-state index contributed by atoms with van der Waals surface area (Å²) in [5.74, 6) is 0.433. The van der Waals surface area contributed by atoms with Gasteiger partial charge in [-0.2, -0.15) is 5.01 Å². The van der Waals surface area contributed by atoms with E-state index in [0.29, 0.717) is 29.6 Å². The smallest absolute Gasteiger partial charge is 0.340 e. The number of hydrogen-bond acceptors (Lipinski definition) is 9. The van der Waals surface area contributed by atoms with Gasteiger partial charge >= 0.3 is 6.03 Å². The predicted molar refractivity (Wildman–Crippen MR) is 181 cm³/mol. The highest BCUT2D eigenvalue weighted by atomic mass is 35.5. The number of carbonyl (C=O) groups is 2. The van der Waals surface area contributed by atoms with Gasteiger partial charge in [-0.05, 0) is 57.6 Å². The number of nitrogens with one attached hydrogen (secondary N) is 4. The molecule has 1 atom stereocenters. The normalized spacial score (nSPS) is 11.6. The van der Waals surface area contributed by atoms with E-state index in [-0.39, 0.29) is 24.4 Å². The Kier molecular flexibility index (Phi) is 23.6. The minimum atomic E-state index is -1.67. The van der Waals surface area contributed by atoms with Gasteiger partial charge in [0.25, 0.3) is 5.91 Å². The number of hydrazine groups is 1. The van der Waals surface area contributed by atoms with Crippen LogP contribution in [0.3, 0.4) is 0 Å². The van der Waals surface area contributed by atoms with Crippen molar-refractivity contribution in [3.05, 3.63) is 70.6 Å². The molecule has 4 N–H and O–H groups in total. The summed E-state index contributed by atoms with van der Waals surface area (Å²) in [6.45, 7) is 9.85. The second-order valence-corrected chi connectivity index (χ2v) is 16.8. The molecule has 236 valence electrons. The Morgan fingerprint density at radius 3 is 2.19 bits per heavy atom. The molecule has 0 heterocycles. The van der Waals surface area contributed by atoms with E-state index in [4.69, 9.17) is 39.5 Å². The molecule has 0 bridgehead atoms. The lowest BCUT2D eigenvalue weighted by molar-refractivity contribution is 0.0943. The van der Waals surface area contributed by atoms with Gasteiger partial charge in [0.05, 0.1) is 11.8 Å². The molecule has 0 saturated carbocycles. The fourth-order valence-electron chi connectivity index (χ4n) is 2.84. The molecular formula is C27H43Cl2N6O4PS2. The Balaban J connectivity index is 0.000000608. The van der Waals surface area contributed by atoms with Gasteiger partial charge in [0.2, 0.25) is 0 Å². The van der Waals surface area contributed by atoms with Crippen molar-refractivity contribution in [1.82, 2.24) is 26.5 Å². The molecule has 2 aromatic carbocycles. The second kappa shape index (κ2) is 24.7. The highest BCUT2D eigenvalue weighted by Gasteiger charge is 2.16. The van der Waals surface area contributed by atoms with E-state index in [0.717, 1.165) is 18.3 Å². The van der Waals surface area contributed by atoms with Crippen LogP contribution in [0, 0.1) is 4.91 Å². The van der Waals surface area contributed by atoms with Crippen LogP contribution in [0.25, 0.3) is 0 Å². The first-order valence-electron chi connectivity index (χ1n) is 13.4. The summed E-state index contributed by atoms with van der Waals surface area (Å²) < 4.78 is 5.67. The number of nitrogens with zero attached hydrogens (tertiary/aromatic N) is 2. The fraction of sp³-hybridized carbons (Fsp3) is 0.481. The molecule has 1 unspecified atom stereocenters. The SMILES string of the molecule is CCOP(=S)(CC)Sc1ccccc1.CNNCc1ccc(C(=O)NC(C)C)cc1.O=NN(CCCl)C(=O)NCCCl. The first-order chi connectivity index (χ1) is 20.1. The Morgan fingerprint density at radius 2 is 1.71 bits per heavy atom. The van der Waals surface area contributed by atoms with Crippen molar-refractivity contribution in [3.8, 4) is 0 Å². The Labute approximate surface area is 269 Å². The van der Waals surface area contributed by atoms with Crippen molar-refractivity contribution in [3.63, 3.8) is 0 Å². The molecule has 42 heavy (non-hydrogen) atoms. The van der Waals surface area contributed by atoms with Crippen LogP contribution in [0.4, 0.5) is 4.79 Å². The maximum Gasteiger partial charge on any atom is 0.340 e. The van der Waals surface area contributed by atoms with Crippen LogP contribution < -0.4 is 21.5 Å². The number of hydrogen-bond donors (Lipinski definition) is 4. The quantitative estimate of drug-likeness (QED) is 0.0743. The van der Waals surface area contributed by atoms with Gasteiger partial charge < -0.3 is 15.2 Å². The largest absolute Gasteiger partial charge is 0.350 e. The zero-order chi connectivity index (χ0) is 31.8. The van der Waals surface area contributed by atoms with E-state index in [1.165, 1.54) is 4.90 Å². The number of carbonyl (C=O) groups excluding carboxylic acids is 2. The van der Waals surface area contributed by atoms with Crippen molar-refractivity contribution in [2.75, 3.05) is 44.7 Å². The lowest BCUT2D eigenvalue weighted by Gasteiger charge is -2.18. The minimum absolute atomic E-state index is 0.0249. The molecule has 3 amide bonds. The number of alkyl halides is 2. The number of benzene rings is 2. The van der Waals surface area contributed by atoms with E-state index >= 15 is 0 Å². The first-order valence-corrected chi connectivity index (χ1v) is 18.8. The topological polar surface area (TPSA) is 124 Å². The van der Waals surface area contributed by atoms with Crippen LogP contribution in [-0.2, 0) is 22.9 Å². The van der Waals surface area contributed by atoms with Gasteiger partial charge in [0.15, 0.2) is 0 Å². The average molecular weight is 682 g/mol. The maximum atomic E-state index is 11.6. The number of rotatable bonds is 15. The third kappa shape index (κ3) is 18.7. The first kappa shape index (κ1) is 40.2. The van der Waals surface area contributed by atoms with Gasteiger partial charge in [0.1, 0.15) is 5.47 Å². The van der Waals surface area contributed by atoms with Crippen LogP contribution >= 0.6 is 40.1 Å². The summed E-state index contributed by atoms with van der Waals surface area (Å²) in [6.07, 6.45) is 0.940. The van der Waals surface area contributed by atoms with Crippen molar-refractivity contribution >= 4 is 63.8 Å². The second-order valence-electron chi connectivity index (χ2n) is 8.49. The summed E-state index contributed by atoms with van der Waals surface area (Å²) in [6, 6.07) is 17.4. The third-order valence-corrected chi connectivity index (χ3v) is 11.7. The van der Waals surface area contributed by atoms with E-state index in [9.17, 15) is 14.5 Å². The molecule has 0 aliphatic carbocycles. The third-order valence-electron chi connectivity index (χ3n) is 4.81. The van der Waals surface area contributed by atoms with Crippen molar-refractivity contribution in [2.45, 2.75) is 45.2 Å². The highest BCUT2D eigenvalue weighted by Crippen LogP contribution is 2.62. The van der Waals surface area contributed by atoms with E-state index in [1.807, 2.05) is 70.3 Å². The lowest BCUT2D eigenvalue weighted by atomic mass is 10.1. The van der Waals surface area contributed by atoms with Crippen molar-refractivity contribution < 1.29 is 14.1 Å². The Hall–Kier alpha value is -1.76. The number of urea groups is 1. The molecule has 15 heteroatoms. The summed E-state index contributed by atoms with van der Waals surface area (Å²) in [5.41, 5.74) is 6.00. The summed E-state index contributed by atoms with van der Waals surface area (Å²) in [4.78, 5) is 33.8. The van der Waals surface area contributed by atoms with Gasteiger partial charge in [0, 0.05) is 54.1 Å². The molecule has 2 rings (SSSR count). The fourth-order valence-corrected chi connectivity index (χ4v) is 7.73. The molecule has 0 radical (unpaired) electrons. The molecule has 0 aromatic heterocycles. The van der Waals surface area contributed by atoms with Gasteiger partial charge in [-0.25, -0.2) is 4.79 Å². The number of halogens is 2. The van der Waals surface area contributed by atoms with Crippen LogP contribution in [0.1, 0.15) is 43.6 Å². The molecular weight excluding hydrogens is 638 g/mol. The molecule has 0 spiro atoms. The average Bonchev–Trinajstić information content (AvgIpc) is 2.98. The van der Waals surface area contributed by atoms with E-state index < -0.39 is 11.5 Å². The maximum absolute atomic E-state index is 11.6. The lowest BCUT2D eigenvalue weighted by Crippen LogP contribution is -2.38. The molecule has 2 aromatic rings. The van der Waals surface area contributed by atoms with Gasteiger partial charge in [-0.1, -0.05) is 60.4 Å².